The average molecular weight is 514 g/mol. The van der Waals surface area contributed by atoms with E-state index >= 15 is 0 Å². The standard InChI is InChI=1S/C32H39N3O3/c1-34(2)32(36)27-20-24-17-18-35(27)31(29(22-11-7-5-8-12-22)23-13-9-6-10-14-23)30(24)33-21-25-19-26(37-3)15-16-28(25)38-4/h5-16,19,24,27,29-31,33H,17-18,20-21H2,1-4H3. The topological polar surface area (TPSA) is 54.0 Å². The number of rotatable bonds is 9. The fourth-order valence-corrected chi connectivity index (χ4v) is 6.56. The fraction of sp³-hybridized carbons (Fsp3) is 0.406. The van der Waals surface area contributed by atoms with Crippen molar-refractivity contribution < 1.29 is 14.3 Å². The third-order valence-electron chi connectivity index (χ3n) is 8.34. The van der Waals surface area contributed by atoms with Gasteiger partial charge >= 0.3 is 0 Å². The number of hydrogen-bond acceptors (Lipinski definition) is 5. The van der Waals surface area contributed by atoms with Gasteiger partial charge in [0.25, 0.3) is 0 Å². The molecular weight excluding hydrogens is 474 g/mol. The Labute approximate surface area is 226 Å². The SMILES string of the molecule is COc1ccc(OC)c(CNC2C3CCN(C(C(=O)N(C)C)C3)C2C(c2ccccc2)c2ccccc2)c1. The number of amides is 1. The molecule has 0 aromatic heterocycles. The molecule has 6 nitrogen and oxygen atoms in total. The first-order chi connectivity index (χ1) is 18.5. The van der Waals surface area contributed by atoms with E-state index in [9.17, 15) is 4.79 Å². The molecule has 6 heteroatoms. The van der Waals surface area contributed by atoms with Crippen LogP contribution in [0.3, 0.4) is 0 Å². The molecule has 3 aromatic rings. The molecule has 6 rings (SSSR count). The van der Waals surface area contributed by atoms with Crippen LogP contribution in [0.2, 0.25) is 0 Å². The van der Waals surface area contributed by atoms with Gasteiger partial charge in [-0.25, -0.2) is 0 Å². The van der Waals surface area contributed by atoms with E-state index in [1.165, 1.54) is 11.1 Å². The van der Waals surface area contributed by atoms with Crippen molar-refractivity contribution in [3.63, 3.8) is 0 Å². The molecule has 0 aliphatic carbocycles. The van der Waals surface area contributed by atoms with Crippen LogP contribution in [0.5, 0.6) is 11.5 Å². The number of nitrogens with one attached hydrogen (secondary N) is 1. The summed E-state index contributed by atoms with van der Waals surface area (Å²) in [5, 5.41) is 3.95. The summed E-state index contributed by atoms with van der Waals surface area (Å²) in [7, 11) is 7.14. The molecule has 0 saturated carbocycles. The van der Waals surface area contributed by atoms with Gasteiger partial charge in [0.2, 0.25) is 5.91 Å². The molecule has 0 radical (unpaired) electrons. The molecule has 0 spiro atoms. The van der Waals surface area contributed by atoms with E-state index in [-0.39, 0.29) is 30.0 Å². The number of fused-ring (bicyclic) bond motifs is 3. The average Bonchev–Trinajstić information content (AvgIpc) is 2.97. The highest BCUT2D eigenvalue weighted by molar-refractivity contribution is 5.82. The van der Waals surface area contributed by atoms with Gasteiger partial charge in [0.1, 0.15) is 11.5 Å². The Morgan fingerprint density at radius 3 is 2.21 bits per heavy atom. The van der Waals surface area contributed by atoms with Crippen LogP contribution in [-0.4, -0.2) is 68.7 Å². The van der Waals surface area contributed by atoms with E-state index in [1.54, 1.807) is 19.1 Å². The number of ether oxygens (including phenoxy) is 2. The maximum absolute atomic E-state index is 13.4. The summed E-state index contributed by atoms with van der Waals surface area (Å²) in [6.07, 6.45) is 1.95. The van der Waals surface area contributed by atoms with Crippen LogP contribution in [0.4, 0.5) is 0 Å². The van der Waals surface area contributed by atoms with Crippen LogP contribution in [0.15, 0.2) is 78.9 Å². The molecule has 3 aromatic carbocycles. The predicted octanol–water partition coefficient (Wildman–Crippen LogP) is 4.55. The summed E-state index contributed by atoms with van der Waals surface area (Å²) in [5.41, 5.74) is 3.62. The summed E-state index contributed by atoms with van der Waals surface area (Å²) in [6, 6.07) is 27.7. The zero-order chi connectivity index (χ0) is 26.6. The Bertz CT molecular complexity index is 1180. The van der Waals surface area contributed by atoms with Crippen LogP contribution in [-0.2, 0) is 11.3 Å². The van der Waals surface area contributed by atoms with Gasteiger partial charge in [-0.1, -0.05) is 60.7 Å². The van der Waals surface area contributed by atoms with Gasteiger partial charge in [-0.05, 0) is 54.6 Å². The lowest BCUT2D eigenvalue weighted by molar-refractivity contribution is -0.143. The quantitative estimate of drug-likeness (QED) is 0.455. The lowest BCUT2D eigenvalue weighted by Crippen LogP contribution is -2.69. The normalized spacial score (nSPS) is 24.3. The van der Waals surface area contributed by atoms with Crippen LogP contribution >= 0.6 is 0 Å². The first-order valence-electron chi connectivity index (χ1n) is 13.5. The highest BCUT2D eigenvalue weighted by atomic mass is 16.5. The lowest BCUT2D eigenvalue weighted by atomic mass is 9.68. The highest BCUT2D eigenvalue weighted by Gasteiger charge is 2.52. The van der Waals surface area contributed by atoms with Gasteiger partial charge in [0, 0.05) is 44.2 Å². The second kappa shape index (κ2) is 11.6. The van der Waals surface area contributed by atoms with E-state index < -0.39 is 0 Å². The molecule has 200 valence electrons. The number of carbonyl (C=O) groups excluding carboxylic acids is 1. The van der Waals surface area contributed by atoms with E-state index in [2.05, 4.69) is 70.9 Å². The van der Waals surface area contributed by atoms with E-state index in [4.69, 9.17) is 9.47 Å². The minimum absolute atomic E-state index is 0.104. The molecule has 1 N–H and O–H groups in total. The third-order valence-corrected chi connectivity index (χ3v) is 8.34. The van der Waals surface area contributed by atoms with Gasteiger partial charge in [0.15, 0.2) is 0 Å². The van der Waals surface area contributed by atoms with Crippen molar-refractivity contribution in [3.05, 3.63) is 95.6 Å². The minimum atomic E-state index is -0.104. The lowest BCUT2D eigenvalue weighted by Gasteiger charge is -2.57. The first-order valence-corrected chi connectivity index (χ1v) is 13.5. The number of carbonyl (C=O) groups is 1. The zero-order valence-electron chi connectivity index (χ0n) is 22.8. The van der Waals surface area contributed by atoms with E-state index in [1.807, 2.05) is 32.3 Å². The van der Waals surface area contributed by atoms with Gasteiger partial charge in [0.05, 0.1) is 20.3 Å². The first kappa shape index (κ1) is 26.3. The Balaban J connectivity index is 1.55. The maximum Gasteiger partial charge on any atom is 0.239 e. The second-order valence-electron chi connectivity index (χ2n) is 10.6. The third kappa shape index (κ3) is 5.16. The van der Waals surface area contributed by atoms with Crippen molar-refractivity contribution in [2.24, 2.45) is 5.92 Å². The van der Waals surface area contributed by atoms with Crippen molar-refractivity contribution >= 4 is 5.91 Å². The van der Waals surface area contributed by atoms with Crippen molar-refractivity contribution in [1.29, 1.82) is 0 Å². The Kier molecular flexibility index (Phi) is 8.01. The van der Waals surface area contributed by atoms with Gasteiger partial charge in [-0.15, -0.1) is 0 Å². The maximum atomic E-state index is 13.4. The van der Waals surface area contributed by atoms with Crippen molar-refractivity contribution in [2.75, 3.05) is 34.9 Å². The Hall–Kier alpha value is -3.35. The number of hydrogen-bond donors (Lipinski definition) is 1. The molecule has 3 aliphatic heterocycles. The van der Waals surface area contributed by atoms with E-state index in [0.717, 1.165) is 36.4 Å². The van der Waals surface area contributed by atoms with Gasteiger partial charge < -0.3 is 19.7 Å². The molecule has 1 amide bonds. The zero-order valence-corrected chi connectivity index (χ0v) is 22.8. The summed E-state index contributed by atoms with van der Waals surface area (Å²) in [5.74, 6) is 2.39. The Morgan fingerprint density at radius 2 is 1.63 bits per heavy atom. The largest absolute Gasteiger partial charge is 0.497 e. The van der Waals surface area contributed by atoms with Crippen molar-refractivity contribution in [3.8, 4) is 11.5 Å². The number of piperidine rings is 3. The fourth-order valence-electron chi connectivity index (χ4n) is 6.56. The number of likely N-dealkylation sites (N-methyl/N-ethyl adjacent to an activating group) is 1. The van der Waals surface area contributed by atoms with Gasteiger partial charge in [-0.2, -0.15) is 0 Å². The molecule has 3 saturated heterocycles. The molecule has 3 aliphatic rings. The smallest absolute Gasteiger partial charge is 0.239 e. The predicted molar refractivity (Wildman–Crippen MR) is 151 cm³/mol. The number of nitrogens with zero attached hydrogens (tertiary/aromatic N) is 2. The molecule has 38 heavy (non-hydrogen) atoms. The summed E-state index contributed by atoms with van der Waals surface area (Å²) >= 11 is 0. The monoisotopic (exact) mass is 513 g/mol. The van der Waals surface area contributed by atoms with Gasteiger partial charge in [-0.3, -0.25) is 9.69 Å². The Morgan fingerprint density at radius 1 is 0.974 bits per heavy atom. The summed E-state index contributed by atoms with van der Waals surface area (Å²) in [4.78, 5) is 17.7. The molecule has 3 fully saturated rings. The number of benzene rings is 3. The van der Waals surface area contributed by atoms with Crippen molar-refractivity contribution in [2.45, 2.75) is 43.4 Å². The summed E-state index contributed by atoms with van der Waals surface area (Å²) < 4.78 is 11.2. The number of methoxy groups -OCH3 is 2. The highest BCUT2D eigenvalue weighted by Crippen LogP contribution is 2.45. The molecule has 5 atom stereocenters. The van der Waals surface area contributed by atoms with Crippen LogP contribution in [0.25, 0.3) is 0 Å². The molecule has 5 unspecified atom stereocenters. The second-order valence-corrected chi connectivity index (χ2v) is 10.6. The molecule has 2 bridgehead atoms. The van der Waals surface area contributed by atoms with Crippen LogP contribution in [0, 0.1) is 5.92 Å². The van der Waals surface area contributed by atoms with Crippen molar-refractivity contribution in [1.82, 2.24) is 15.1 Å². The minimum Gasteiger partial charge on any atom is -0.497 e. The van der Waals surface area contributed by atoms with E-state index in [0.29, 0.717) is 12.5 Å². The summed E-state index contributed by atoms with van der Waals surface area (Å²) in [6.45, 7) is 1.59. The molecular formula is C32H39N3O3. The van der Waals surface area contributed by atoms with Crippen LogP contribution < -0.4 is 14.8 Å². The molecule has 3 heterocycles. The van der Waals surface area contributed by atoms with Crippen LogP contribution in [0.1, 0.15) is 35.4 Å².